The van der Waals surface area contributed by atoms with Gasteiger partial charge >= 0.3 is 0 Å². The fourth-order valence-corrected chi connectivity index (χ4v) is 1.16. The van der Waals surface area contributed by atoms with E-state index in [9.17, 15) is 4.39 Å². The van der Waals surface area contributed by atoms with E-state index in [2.05, 4.69) is 30.7 Å². The molecule has 0 saturated carbocycles. The number of hydrogen-bond acceptors (Lipinski definition) is 7. The predicted octanol–water partition coefficient (Wildman–Crippen LogP) is 0.303. The molecule has 2 rings (SSSR count). The predicted molar refractivity (Wildman–Crippen MR) is 59.2 cm³/mol. The van der Waals surface area contributed by atoms with E-state index in [1.54, 1.807) is 12.3 Å². The summed E-state index contributed by atoms with van der Waals surface area (Å²) in [6, 6.07) is 1.72. The summed E-state index contributed by atoms with van der Waals surface area (Å²) in [4.78, 5) is 15.2. The van der Waals surface area contributed by atoms with Gasteiger partial charge in [-0.15, -0.1) is 0 Å². The summed E-state index contributed by atoms with van der Waals surface area (Å²) in [7, 11) is 0. The molecule has 0 bridgehead atoms. The van der Waals surface area contributed by atoms with Crippen molar-refractivity contribution in [1.29, 1.82) is 0 Å². The van der Waals surface area contributed by atoms with Gasteiger partial charge in [0, 0.05) is 6.20 Å². The van der Waals surface area contributed by atoms with Gasteiger partial charge in [-0.05, 0) is 6.07 Å². The van der Waals surface area contributed by atoms with Gasteiger partial charge in [-0.2, -0.15) is 4.98 Å². The van der Waals surface area contributed by atoms with Crippen LogP contribution in [-0.4, -0.2) is 19.9 Å². The number of anilines is 2. The quantitative estimate of drug-likeness (QED) is 0.517. The monoisotopic (exact) mass is 235 g/mol. The van der Waals surface area contributed by atoms with Gasteiger partial charge in [0.25, 0.3) is 0 Å². The number of hydrazine groups is 1. The smallest absolute Gasteiger partial charge is 0.239 e. The third kappa shape index (κ3) is 2.82. The van der Waals surface area contributed by atoms with Crippen LogP contribution in [0, 0.1) is 5.82 Å². The van der Waals surface area contributed by atoms with Crippen LogP contribution in [0.3, 0.4) is 0 Å². The van der Waals surface area contributed by atoms with Crippen LogP contribution in [0.1, 0.15) is 5.69 Å². The molecule has 0 fully saturated rings. The second kappa shape index (κ2) is 5.12. The molecule has 0 saturated heterocycles. The Morgan fingerprint density at radius 2 is 2.24 bits per heavy atom. The number of nitrogen functional groups attached to an aromatic ring is 1. The van der Waals surface area contributed by atoms with Crippen LogP contribution in [0.5, 0.6) is 0 Å². The van der Waals surface area contributed by atoms with Gasteiger partial charge in [0.05, 0.1) is 18.4 Å². The third-order valence-corrected chi connectivity index (χ3v) is 1.95. The molecule has 88 valence electrons. The van der Waals surface area contributed by atoms with Gasteiger partial charge in [0.15, 0.2) is 11.6 Å². The second-order valence-electron chi connectivity index (χ2n) is 3.09. The third-order valence-electron chi connectivity index (χ3n) is 1.95. The van der Waals surface area contributed by atoms with Crippen molar-refractivity contribution >= 4 is 11.8 Å². The van der Waals surface area contributed by atoms with Gasteiger partial charge in [0.2, 0.25) is 5.95 Å². The van der Waals surface area contributed by atoms with Crippen LogP contribution < -0.4 is 16.6 Å². The van der Waals surface area contributed by atoms with Crippen LogP contribution in [0.25, 0.3) is 0 Å². The van der Waals surface area contributed by atoms with Gasteiger partial charge in [-0.1, -0.05) is 0 Å². The fourth-order valence-electron chi connectivity index (χ4n) is 1.16. The Kier molecular flexibility index (Phi) is 3.36. The molecule has 0 aliphatic heterocycles. The summed E-state index contributed by atoms with van der Waals surface area (Å²) in [6.45, 7) is 0.334. The largest absolute Gasteiger partial charge is 0.362 e. The molecule has 0 spiro atoms. The van der Waals surface area contributed by atoms with E-state index in [0.717, 1.165) is 11.9 Å². The van der Waals surface area contributed by atoms with E-state index < -0.39 is 5.82 Å². The maximum atomic E-state index is 13.3. The van der Waals surface area contributed by atoms with Crippen LogP contribution in [-0.2, 0) is 6.54 Å². The number of nitrogens with two attached hydrogens (primary N) is 1. The minimum absolute atomic E-state index is 0.0616. The highest BCUT2D eigenvalue weighted by Gasteiger charge is 2.06. The zero-order chi connectivity index (χ0) is 12.1. The number of nitrogens with zero attached hydrogens (tertiary/aromatic N) is 4. The molecular formula is C9H10FN7. The molecule has 2 heterocycles. The van der Waals surface area contributed by atoms with Crippen molar-refractivity contribution in [3.05, 3.63) is 36.3 Å². The first kappa shape index (κ1) is 11.1. The first-order chi connectivity index (χ1) is 8.29. The molecule has 0 atom stereocenters. The molecule has 0 aromatic carbocycles. The number of halogens is 1. The first-order valence-electron chi connectivity index (χ1n) is 4.77. The molecule has 0 unspecified atom stereocenters. The second-order valence-corrected chi connectivity index (χ2v) is 3.09. The molecule has 0 amide bonds. The molecule has 7 nitrogen and oxygen atoms in total. The first-order valence-corrected chi connectivity index (χ1v) is 4.77. The van der Waals surface area contributed by atoms with Crippen LogP contribution >= 0.6 is 0 Å². The molecule has 0 radical (unpaired) electrons. The highest BCUT2D eigenvalue weighted by atomic mass is 19.1. The minimum Gasteiger partial charge on any atom is -0.362 e. The minimum atomic E-state index is -0.557. The lowest BCUT2D eigenvalue weighted by Gasteiger charge is -2.06. The van der Waals surface area contributed by atoms with Crippen LogP contribution in [0.4, 0.5) is 16.2 Å². The molecule has 17 heavy (non-hydrogen) atoms. The molecule has 8 heteroatoms. The Bertz CT molecular complexity index is 490. The maximum absolute atomic E-state index is 13.3. The van der Waals surface area contributed by atoms with Crippen LogP contribution in [0.15, 0.2) is 24.8 Å². The average molecular weight is 235 g/mol. The van der Waals surface area contributed by atoms with E-state index in [0.29, 0.717) is 6.54 Å². The van der Waals surface area contributed by atoms with Gasteiger partial charge in [0.1, 0.15) is 6.33 Å². The molecule has 0 aliphatic carbocycles. The van der Waals surface area contributed by atoms with Crippen molar-refractivity contribution in [2.24, 2.45) is 5.84 Å². The van der Waals surface area contributed by atoms with E-state index >= 15 is 0 Å². The highest BCUT2D eigenvalue weighted by Crippen LogP contribution is 2.11. The molecule has 0 aliphatic rings. The van der Waals surface area contributed by atoms with E-state index in [4.69, 9.17) is 5.84 Å². The molecular weight excluding hydrogens is 225 g/mol. The summed E-state index contributed by atoms with van der Waals surface area (Å²) in [6.07, 6.45) is 4.05. The lowest BCUT2D eigenvalue weighted by Crippen LogP contribution is -2.13. The number of hydrogen-bond donors (Lipinski definition) is 3. The zero-order valence-electron chi connectivity index (χ0n) is 8.76. The zero-order valence-corrected chi connectivity index (χ0v) is 8.76. The van der Waals surface area contributed by atoms with Crippen molar-refractivity contribution < 1.29 is 4.39 Å². The van der Waals surface area contributed by atoms with Crippen molar-refractivity contribution in [3.63, 3.8) is 0 Å². The molecule has 2 aromatic rings. The summed E-state index contributed by atoms with van der Waals surface area (Å²) >= 11 is 0. The van der Waals surface area contributed by atoms with Gasteiger partial charge in [-0.25, -0.2) is 25.2 Å². The Labute approximate surface area is 96.3 Å². The summed E-state index contributed by atoms with van der Waals surface area (Å²) in [5.74, 6) is 4.77. The van der Waals surface area contributed by atoms with Crippen molar-refractivity contribution in [1.82, 2.24) is 19.9 Å². The van der Waals surface area contributed by atoms with Crippen molar-refractivity contribution in [3.8, 4) is 0 Å². The summed E-state index contributed by atoms with van der Waals surface area (Å²) in [5.41, 5.74) is 2.96. The van der Waals surface area contributed by atoms with Crippen LogP contribution in [0.2, 0.25) is 0 Å². The van der Waals surface area contributed by atoms with Gasteiger partial charge in [-0.3, -0.25) is 5.43 Å². The number of rotatable bonds is 4. The standard InChI is InChI=1S/C9H10FN7/c10-7-4-14-9(17-11)16-8(7)13-3-6-1-2-12-5-15-6/h1-2,4-5H,3,11H2,(H2,13,14,16,17). The highest BCUT2D eigenvalue weighted by molar-refractivity contribution is 5.40. The molecule has 4 N–H and O–H groups in total. The van der Waals surface area contributed by atoms with Crippen molar-refractivity contribution in [2.45, 2.75) is 6.54 Å². The fraction of sp³-hybridized carbons (Fsp3) is 0.111. The number of aromatic nitrogens is 4. The normalized spacial score (nSPS) is 10.0. The Balaban J connectivity index is 2.08. The topological polar surface area (TPSA) is 102 Å². The lowest BCUT2D eigenvalue weighted by molar-refractivity contribution is 0.617. The summed E-state index contributed by atoms with van der Waals surface area (Å²) in [5, 5.41) is 2.79. The Morgan fingerprint density at radius 1 is 1.35 bits per heavy atom. The van der Waals surface area contributed by atoms with Gasteiger partial charge < -0.3 is 5.32 Å². The number of nitrogens with one attached hydrogen (secondary N) is 2. The van der Waals surface area contributed by atoms with E-state index in [-0.39, 0.29) is 11.8 Å². The average Bonchev–Trinajstić information content (AvgIpc) is 2.39. The van der Waals surface area contributed by atoms with E-state index in [1.165, 1.54) is 6.33 Å². The lowest BCUT2D eigenvalue weighted by atomic mass is 10.4. The SMILES string of the molecule is NNc1ncc(F)c(NCc2ccncn2)n1. The Morgan fingerprint density at radius 3 is 2.94 bits per heavy atom. The van der Waals surface area contributed by atoms with Crippen molar-refractivity contribution in [2.75, 3.05) is 10.7 Å². The maximum Gasteiger partial charge on any atom is 0.239 e. The molecule has 2 aromatic heterocycles. The Hall–Kier alpha value is -2.35. The van der Waals surface area contributed by atoms with E-state index in [1.807, 2.05) is 0 Å². The summed E-state index contributed by atoms with van der Waals surface area (Å²) < 4.78 is 13.3.